The highest BCUT2D eigenvalue weighted by Crippen LogP contribution is 2.54. The molecule has 3 aliphatic rings. The van der Waals surface area contributed by atoms with E-state index < -0.39 is 0 Å². The average Bonchev–Trinajstić information content (AvgIpc) is 3.20. The largest absolute Gasteiger partial charge is 0.379 e. The van der Waals surface area contributed by atoms with Crippen LogP contribution in [0.5, 0.6) is 0 Å². The summed E-state index contributed by atoms with van der Waals surface area (Å²) in [5, 5.41) is 5.04. The van der Waals surface area contributed by atoms with E-state index in [1.165, 1.54) is 19.3 Å². The minimum absolute atomic E-state index is 0.0112. The van der Waals surface area contributed by atoms with E-state index in [-0.39, 0.29) is 17.4 Å². The Kier molecular flexibility index (Phi) is 5.55. The Morgan fingerprint density at radius 1 is 1.31 bits per heavy atom. The SMILES string of the molecule is C/C=C/c1nc(C2C(=O)CC3(CCCCC3)C2ON2CCOCC2)cs1. The van der Waals surface area contributed by atoms with Crippen molar-refractivity contribution in [2.45, 2.75) is 57.5 Å². The average molecular weight is 377 g/mol. The molecule has 4 rings (SSSR count). The molecule has 1 spiro atoms. The Morgan fingerprint density at radius 2 is 2.08 bits per heavy atom. The van der Waals surface area contributed by atoms with Crippen molar-refractivity contribution in [1.82, 2.24) is 10.0 Å². The van der Waals surface area contributed by atoms with Crippen molar-refractivity contribution in [3.63, 3.8) is 0 Å². The molecular weight excluding hydrogens is 348 g/mol. The van der Waals surface area contributed by atoms with E-state index in [1.807, 2.05) is 24.1 Å². The van der Waals surface area contributed by atoms with Gasteiger partial charge in [0.15, 0.2) is 0 Å². The number of hydrogen-bond donors (Lipinski definition) is 0. The summed E-state index contributed by atoms with van der Waals surface area (Å²) in [6.45, 7) is 4.92. The summed E-state index contributed by atoms with van der Waals surface area (Å²) < 4.78 is 5.46. The highest BCUT2D eigenvalue weighted by Gasteiger charge is 2.56. The minimum atomic E-state index is -0.230. The number of aromatic nitrogens is 1. The Labute approximate surface area is 159 Å². The van der Waals surface area contributed by atoms with Gasteiger partial charge in [0.05, 0.1) is 24.8 Å². The molecule has 2 atom stereocenters. The number of carbonyl (C=O) groups excluding carboxylic acids is 1. The number of morpholine rings is 1. The van der Waals surface area contributed by atoms with E-state index in [2.05, 4.69) is 5.38 Å². The second-order valence-corrected chi connectivity index (χ2v) is 8.61. The molecule has 1 aromatic heterocycles. The van der Waals surface area contributed by atoms with Gasteiger partial charge in [0.2, 0.25) is 0 Å². The Hall–Kier alpha value is -1.08. The number of carbonyl (C=O) groups is 1. The molecule has 1 aliphatic heterocycles. The third-order valence-electron chi connectivity index (χ3n) is 6.03. The first kappa shape index (κ1) is 18.3. The van der Waals surface area contributed by atoms with Crippen LogP contribution in [0.4, 0.5) is 0 Å². The summed E-state index contributed by atoms with van der Waals surface area (Å²) >= 11 is 1.61. The van der Waals surface area contributed by atoms with Crippen LogP contribution >= 0.6 is 11.3 Å². The zero-order valence-corrected chi connectivity index (χ0v) is 16.3. The molecule has 2 saturated carbocycles. The predicted octanol–water partition coefficient (Wildman–Crippen LogP) is 3.82. The van der Waals surface area contributed by atoms with Gasteiger partial charge in [0.1, 0.15) is 16.9 Å². The van der Waals surface area contributed by atoms with E-state index in [1.54, 1.807) is 11.3 Å². The van der Waals surface area contributed by atoms with Crippen LogP contribution in [-0.2, 0) is 14.4 Å². The van der Waals surface area contributed by atoms with Crippen molar-refractivity contribution in [3.8, 4) is 0 Å². The topological polar surface area (TPSA) is 51.7 Å². The van der Waals surface area contributed by atoms with Gasteiger partial charge in [-0.1, -0.05) is 25.3 Å². The second-order valence-electron chi connectivity index (χ2n) is 7.72. The van der Waals surface area contributed by atoms with Crippen LogP contribution in [0.15, 0.2) is 11.5 Å². The van der Waals surface area contributed by atoms with Crippen LogP contribution in [0.2, 0.25) is 0 Å². The molecule has 26 heavy (non-hydrogen) atoms. The maximum Gasteiger partial charge on any atom is 0.145 e. The molecule has 142 valence electrons. The molecular formula is C20H28N2O3S. The lowest BCUT2D eigenvalue weighted by atomic mass is 9.70. The smallest absolute Gasteiger partial charge is 0.145 e. The zero-order valence-electron chi connectivity index (χ0n) is 15.5. The first-order chi connectivity index (χ1) is 12.7. The number of nitrogens with zero attached hydrogens (tertiary/aromatic N) is 2. The number of Topliss-reactive ketones (excluding diaryl/α,β-unsaturated/α-hetero) is 1. The number of hydrogen-bond acceptors (Lipinski definition) is 6. The summed E-state index contributed by atoms with van der Waals surface area (Å²) in [5.41, 5.74) is 0.886. The maximum absolute atomic E-state index is 13.1. The van der Waals surface area contributed by atoms with Gasteiger partial charge in [0.25, 0.3) is 0 Å². The minimum Gasteiger partial charge on any atom is -0.379 e. The molecule has 2 heterocycles. The molecule has 2 unspecified atom stereocenters. The fourth-order valence-corrected chi connectivity index (χ4v) is 5.58. The summed E-state index contributed by atoms with van der Waals surface area (Å²) in [4.78, 5) is 24.4. The zero-order chi connectivity index (χ0) is 18.0. The lowest BCUT2D eigenvalue weighted by Crippen LogP contribution is -2.45. The summed E-state index contributed by atoms with van der Waals surface area (Å²) in [6, 6.07) is 0. The Balaban J connectivity index is 1.63. The van der Waals surface area contributed by atoms with Crippen molar-refractivity contribution in [1.29, 1.82) is 0 Å². The highest BCUT2D eigenvalue weighted by molar-refractivity contribution is 7.10. The van der Waals surface area contributed by atoms with E-state index in [4.69, 9.17) is 14.6 Å². The van der Waals surface area contributed by atoms with Gasteiger partial charge in [-0.15, -0.1) is 11.3 Å². The normalized spacial score (nSPS) is 29.8. The van der Waals surface area contributed by atoms with Crippen LogP contribution in [0, 0.1) is 5.41 Å². The molecule has 6 heteroatoms. The lowest BCUT2D eigenvalue weighted by molar-refractivity contribution is -0.252. The molecule has 3 fully saturated rings. The fourth-order valence-electron chi connectivity index (χ4n) is 4.77. The highest BCUT2D eigenvalue weighted by atomic mass is 32.1. The van der Waals surface area contributed by atoms with Crippen molar-refractivity contribution in [2.24, 2.45) is 5.41 Å². The first-order valence-electron chi connectivity index (χ1n) is 9.82. The van der Waals surface area contributed by atoms with Gasteiger partial charge in [-0.2, -0.15) is 5.06 Å². The van der Waals surface area contributed by atoms with Gasteiger partial charge in [-0.05, 0) is 25.8 Å². The van der Waals surface area contributed by atoms with Crippen LogP contribution < -0.4 is 0 Å². The van der Waals surface area contributed by atoms with Crippen LogP contribution in [0.3, 0.4) is 0 Å². The maximum atomic E-state index is 13.1. The van der Waals surface area contributed by atoms with Crippen molar-refractivity contribution in [3.05, 3.63) is 22.2 Å². The number of thiazole rings is 1. The quantitative estimate of drug-likeness (QED) is 0.800. The van der Waals surface area contributed by atoms with E-state index in [0.717, 1.165) is 36.6 Å². The number of allylic oxidation sites excluding steroid dienone is 1. The molecule has 1 saturated heterocycles. The Morgan fingerprint density at radius 3 is 2.81 bits per heavy atom. The van der Waals surface area contributed by atoms with Crippen LogP contribution in [0.1, 0.15) is 62.1 Å². The summed E-state index contributed by atoms with van der Waals surface area (Å²) in [6.07, 6.45) is 10.4. The van der Waals surface area contributed by atoms with Gasteiger partial charge in [-0.3, -0.25) is 9.63 Å². The third-order valence-corrected chi connectivity index (χ3v) is 6.86. The number of ketones is 1. The van der Waals surface area contributed by atoms with E-state index in [0.29, 0.717) is 25.4 Å². The van der Waals surface area contributed by atoms with Gasteiger partial charge in [0, 0.05) is 30.3 Å². The molecule has 0 amide bonds. The molecule has 0 N–H and O–H groups in total. The van der Waals surface area contributed by atoms with Crippen molar-refractivity contribution >= 4 is 23.2 Å². The molecule has 1 aromatic rings. The number of hydroxylamine groups is 2. The molecule has 0 radical (unpaired) electrons. The molecule has 5 nitrogen and oxygen atoms in total. The molecule has 2 aliphatic carbocycles. The van der Waals surface area contributed by atoms with Crippen molar-refractivity contribution in [2.75, 3.05) is 26.3 Å². The Bertz CT molecular complexity index is 660. The summed E-state index contributed by atoms with van der Waals surface area (Å²) in [7, 11) is 0. The van der Waals surface area contributed by atoms with Crippen LogP contribution in [-0.4, -0.2) is 48.2 Å². The third kappa shape index (κ3) is 3.52. The first-order valence-corrected chi connectivity index (χ1v) is 10.7. The standard InChI is InChI=1S/C20H28N2O3S/c1-2-6-17-21-15(14-26-17)18-16(23)13-20(7-4-3-5-8-20)19(18)25-22-9-11-24-12-10-22/h2,6,14,18-19H,3-5,7-13H2,1H3/b6-2+. The van der Waals surface area contributed by atoms with Gasteiger partial charge in [-0.25, -0.2) is 4.98 Å². The number of ether oxygens (including phenoxy) is 1. The van der Waals surface area contributed by atoms with Gasteiger partial charge >= 0.3 is 0 Å². The van der Waals surface area contributed by atoms with Crippen molar-refractivity contribution < 1.29 is 14.4 Å². The lowest BCUT2D eigenvalue weighted by Gasteiger charge is -2.41. The van der Waals surface area contributed by atoms with E-state index in [9.17, 15) is 4.79 Å². The molecule has 0 aromatic carbocycles. The van der Waals surface area contributed by atoms with Crippen LogP contribution in [0.25, 0.3) is 6.08 Å². The predicted molar refractivity (Wildman–Crippen MR) is 102 cm³/mol. The fraction of sp³-hybridized carbons (Fsp3) is 0.700. The number of rotatable bonds is 4. The molecule has 0 bridgehead atoms. The summed E-state index contributed by atoms with van der Waals surface area (Å²) in [5.74, 6) is 0.0775. The second kappa shape index (κ2) is 7.89. The van der Waals surface area contributed by atoms with Gasteiger partial charge < -0.3 is 4.74 Å². The monoisotopic (exact) mass is 376 g/mol. The van der Waals surface area contributed by atoms with E-state index >= 15 is 0 Å².